The Balaban J connectivity index is 1.09. The van der Waals surface area contributed by atoms with Gasteiger partial charge >= 0.3 is 0 Å². The molecule has 0 aliphatic carbocycles. The van der Waals surface area contributed by atoms with Crippen molar-refractivity contribution in [3.8, 4) is 45.8 Å². The highest BCUT2D eigenvalue weighted by Crippen LogP contribution is 2.42. The average molecular weight is 717 g/mol. The van der Waals surface area contributed by atoms with Gasteiger partial charge in [-0.15, -0.1) is 11.3 Å². The molecule has 55 heavy (non-hydrogen) atoms. The highest BCUT2D eigenvalue weighted by Gasteiger charge is 2.18. The molecule has 0 aliphatic heterocycles. The Morgan fingerprint density at radius 2 is 0.891 bits per heavy atom. The maximum Gasteiger partial charge on any atom is 0.0991 e. The second-order valence-corrected chi connectivity index (χ2v) is 15.1. The van der Waals surface area contributed by atoms with E-state index in [1.165, 1.54) is 20.2 Å². The molecule has 5 heteroatoms. The van der Waals surface area contributed by atoms with Crippen LogP contribution in [0.1, 0.15) is 11.1 Å². The largest absolute Gasteiger partial charge is 0.309 e. The van der Waals surface area contributed by atoms with Crippen molar-refractivity contribution in [1.82, 2.24) is 9.13 Å². The molecule has 0 bridgehead atoms. The molecule has 0 N–H and O–H groups in total. The fraction of sp³-hybridized carbons (Fsp3) is 0. The molecule has 0 amide bonds. The molecule has 11 aromatic rings. The van der Waals surface area contributed by atoms with Gasteiger partial charge in [-0.05, 0) is 107 Å². The monoisotopic (exact) mass is 716 g/mol. The first kappa shape index (κ1) is 31.1. The highest BCUT2D eigenvalue weighted by atomic mass is 32.1. The lowest BCUT2D eigenvalue weighted by Gasteiger charge is -2.15. The molecule has 254 valence electrons. The first-order chi connectivity index (χ1) is 27.2. The van der Waals surface area contributed by atoms with Crippen molar-refractivity contribution in [2.24, 2.45) is 0 Å². The fourth-order valence-electron chi connectivity index (χ4n) is 8.52. The minimum Gasteiger partial charge on any atom is -0.309 e. The van der Waals surface area contributed by atoms with Crippen LogP contribution in [0.4, 0.5) is 0 Å². The topological polar surface area (TPSA) is 57.4 Å². The number of para-hydroxylation sites is 1. The zero-order valence-corrected chi connectivity index (χ0v) is 30.2. The normalized spacial score (nSPS) is 11.6. The van der Waals surface area contributed by atoms with Crippen molar-refractivity contribution < 1.29 is 0 Å². The Morgan fingerprint density at radius 3 is 1.55 bits per heavy atom. The summed E-state index contributed by atoms with van der Waals surface area (Å²) < 4.78 is 7.16. The van der Waals surface area contributed by atoms with Gasteiger partial charge < -0.3 is 9.13 Å². The third kappa shape index (κ3) is 4.75. The molecule has 4 nitrogen and oxygen atoms in total. The van der Waals surface area contributed by atoms with Gasteiger partial charge in [-0.2, -0.15) is 10.5 Å². The van der Waals surface area contributed by atoms with E-state index in [0.717, 1.165) is 77.2 Å². The number of thiophene rings is 1. The van der Waals surface area contributed by atoms with Gasteiger partial charge in [0.15, 0.2) is 0 Å². The number of fused-ring (bicyclic) bond motifs is 9. The van der Waals surface area contributed by atoms with E-state index in [-0.39, 0.29) is 0 Å². The van der Waals surface area contributed by atoms with E-state index in [1.807, 2.05) is 35.6 Å². The molecular formula is C50H28N4S. The minimum atomic E-state index is 0.653. The van der Waals surface area contributed by atoms with Gasteiger partial charge in [0, 0.05) is 53.1 Å². The fourth-order valence-corrected chi connectivity index (χ4v) is 9.64. The van der Waals surface area contributed by atoms with Gasteiger partial charge in [-0.3, -0.25) is 0 Å². The van der Waals surface area contributed by atoms with Gasteiger partial charge in [0.2, 0.25) is 0 Å². The summed E-state index contributed by atoms with van der Waals surface area (Å²) in [4.78, 5) is 0. The van der Waals surface area contributed by atoms with Crippen LogP contribution in [0.15, 0.2) is 170 Å². The van der Waals surface area contributed by atoms with Crippen LogP contribution in [0.2, 0.25) is 0 Å². The summed E-state index contributed by atoms with van der Waals surface area (Å²) in [5.74, 6) is 0. The van der Waals surface area contributed by atoms with Crippen molar-refractivity contribution in [2.45, 2.75) is 0 Å². The second-order valence-electron chi connectivity index (χ2n) is 14.0. The predicted octanol–water partition coefficient (Wildman–Crippen LogP) is 13.3. The van der Waals surface area contributed by atoms with Crippen molar-refractivity contribution in [3.05, 3.63) is 181 Å². The number of hydrogen-bond acceptors (Lipinski definition) is 3. The lowest BCUT2D eigenvalue weighted by atomic mass is 9.94. The van der Waals surface area contributed by atoms with Gasteiger partial charge in [0.05, 0.1) is 45.3 Å². The van der Waals surface area contributed by atoms with E-state index < -0.39 is 0 Å². The lowest BCUT2D eigenvalue weighted by Crippen LogP contribution is -1.96. The van der Waals surface area contributed by atoms with Crippen LogP contribution < -0.4 is 0 Å². The van der Waals surface area contributed by atoms with Crippen molar-refractivity contribution >= 4 is 75.1 Å². The Labute approximate surface area is 320 Å². The van der Waals surface area contributed by atoms with Crippen LogP contribution >= 0.6 is 11.3 Å². The molecule has 0 saturated carbocycles. The molecule has 0 saturated heterocycles. The van der Waals surface area contributed by atoms with Crippen molar-refractivity contribution in [3.63, 3.8) is 0 Å². The summed E-state index contributed by atoms with van der Waals surface area (Å²) in [6, 6.07) is 64.5. The van der Waals surface area contributed by atoms with Crippen LogP contribution in [0, 0.1) is 22.7 Å². The Kier molecular flexibility index (Phi) is 6.82. The molecule has 0 radical (unpaired) electrons. The van der Waals surface area contributed by atoms with Crippen LogP contribution in [-0.4, -0.2) is 9.13 Å². The molecular weight excluding hydrogens is 689 g/mol. The quantitative estimate of drug-likeness (QED) is 0.182. The molecule has 8 aromatic carbocycles. The van der Waals surface area contributed by atoms with Crippen LogP contribution in [0.3, 0.4) is 0 Å². The summed E-state index contributed by atoms with van der Waals surface area (Å²) in [6.45, 7) is 0. The van der Waals surface area contributed by atoms with Crippen LogP contribution in [0.5, 0.6) is 0 Å². The number of nitriles is 2. The molecule has 0 fully saturated rings. The molecule has 3 aromatic heterocycles. The van der Waals surface area contributed by atoms with E-state index in [2.05, 4.69) is 167 Å². The second kappa shape index (κ2) is 12.0. The standard InChI is InChI=1S/C50H28N4S/c51-29-31-19-21-46-41(23-31)39-15-3-5-17-45(39)53(46)35-11-7-9-33(25-35)37-13-1-2-14-38(37)34-10-8-12-36(26-34)54-47-22-20-32(30-52)24-42(47)43-28-50-44(27-48(43)54)40-16-4-6-18-49(40)55-50/h1-28H. The lowest BCUT2D eigenvalue weighted by molar-refractivity contribution is 1.18. The summed E-state index contributed by atoms with van der Waals surface area (Å²) in [5, 5.41) is 26.4. The number of hydrogen-bond donors (Lipinski definition) is 0. The number of nitrogens with zero attached hydrogens (tertiary/aromatic N) is 4. The zero-order chi connectivity index (χ0) is 36.6. The molecule has 0 spiro atoms. The minimum absolute atomic E-state index is 0.653. The van der Waals surface area contributed by atoms with Gasteiger partial charge in [0.25, 0.3) is 0 Å². The molecule has 0 aliphatic rings. The summed E-state index contributed by atoms with van der Waals surface area (Å²) in [6.07, 6.45) is 0. The van der Waals surface area contributed by atoms with Crippen molar-refractivity contribution in [1.29, 1.82) is 10.5 Å². The highest BCUT2D eigenvalue weighted by molar-refractivity contribution is 7.25. The first-order valence-electron chi connectivity index (χ1n) is 18.2. The molecule has 11 rings (SSSR count). The maximum absolute atomic E-state index is 9.86. The Hall–Kier alpha value is -7.44. The van der Waals surface area contributed by atoms with E-state index in [9.17, 15) is 10.5 Å². The van der Waals surface area contributed by atoms with Crippen molar-refractivity contribution in [2.75, 3.05) is 0 Å². The molecule has 0 unspecified atom stereocenters. The predicted molar refractivity (Wildman–Crippen MR) is 228 cm³/mol. The van der Waals surface area contributed by atoms with E-state index >= 15 is 0 Å². The molecule has 3 heterocycles. The first-order valence-corrected chi connectivity index (χ1v) is 19.0. The van der Waals surface area contributed by atoms with Gasteiger partial charge in [-0.1, -0.05) is 84.9 Å². The third-order valence-corrected chi connectivity index (χ3v) is 12.1. The number of aromatic nitrogens is 2. The van der Waals surface area contributed by atoms with Gasteiger partial charge in [0.1, 0.15) is 0 Å². The maximum atomic E-state index is 9.86. The summed E-state index contributed by atoms with van der Waals surface area (Å²) in [7, 11) is 0. The van der Waals surface area contributed by atoms with Gasteiger partial charge in [-0.25, -0.2) is 0 Å². The Bertz CT molecular complexity index is 3470. The molecule has 0 atom stereocenters. The van der Waals surface area contributed by atoms with E-state index in [1.54, 1.807) is 0 Å². The summed E-state index contributed by atoms with van der Waals surface area (Å²) in [5.41, 5.74) is 12.3. The average Bonchev–Trinajstić information content (AvgIpc) is 3.89. The number of rotatable bonds is 4. The number of benzene rings is 8. The zero-order valence-electron chi connectivity index (χ0n) is 29.4. The Morgan fingerprint density at radius 1 is 0.364 bits per heavy atom. The van der Waals surface area contributed by atoms with Crippen LogP contribution in [-0.2, 0) is 0 Å². The van der Waals surface area contributed by atoms with E-state index in [4.69, 9.17) is 0 Å². The van der Waals surface area contributed by atoms with Crippen LogP contribution in [0.25, 0.3) is 97.4 Å². The smallest absolute Gasteiger partial charge is 0.0991 e. The van der Waals surface area contributed by atoms with E-state index in [0.29, 0.717) is 11.1 Å². The summed E-state index contributed by atoms with van der Waals surface area (Å²) >= 11 is 1.81. The SMILES string of the molecule is N#Cc1ccc2c(c1)c1ccccc1n2-c1cccc(-c2ccccc2-c2cccc(-n3c4ccc(C#N)cc4c4cc5sc6ccccc6c5cc43)c2)c1. The third-order valence-electron chi connectivity index (χ3n) is 11.0.